The zero-order valence-electron chi connectivity index (χ0n) is 8.24. The number of hydrogen-bond acceptors (Lipinski definition) is 4. The molecule has 0 atom stereocenters. The molecule has 0 unspecified atom stereocenters. The molecule has 5 heteroatoms. The van der Waals surface area contributed by atoms with Crippen LogP contribution in [0.3, 0.4) is 0 Å². The van der Waals surface area contributed by atoms with Crippen molar-refractivity contribution in [3.8, 4) is 0 Å². The average Bonchev–Trinajstić information content (AvgIpc) is 2.76. The first kappa shape index (κ1) is 10.5. The van der Waals surface area contributed by atoms with Crippen molar-refractivity contribution in [3.05, 3.63) is 57.2 Å². The van der Waals surface area contributed by atoms with Crippen LogP contribution < -0.4 is 0 Å². The summed E-state index contributed by atoms with van der Waals surface area (Å²) in [6.07, 6.45) is 5.35. The van der Waals surface area contributed by atoms with E-state index >= 15 is 0 Å². The molecule has 2 heterocycles. The van der Waals surface area contributed by atoms with Crippen LogP contribution in [0.5, 0.6) is 0 Å². The van der Waals surface area contributed by atoms with Gasteiger partial charge >= 0.3 is 5.00 Å². The van der Waals surface area contributed by atoms with Gasteiger partial charge in [-0.2, -0.15) is 0 Å². The van der Waals surface area contributed by atoms with E-state index in [1.165, 1.54) is 6.07 Å². The molecule has 16 heavy (non-hydrogen) atoms. The highest BCUT2D eigenvalue weighted by Gasteiger charge is 2.07. The summed E-state index contributed by atoms with van der Waals surface area (Å²) in [6, 6.07) is 8.83. The van der Waals surface area contributed by atoms with E-state index < -0.39 is 0 Å². The molecule has 4 nitrogen and oxygen atoms in total. The van der Waals surface area contributed by atoms with Crippen molar-refractivity contribution in [1.29, 1.82) is 0 Å². The molecule has 0 saturated carbocycles. The third-order valence-corrected chi connectivity index (χ3v) is 2.90. The Kier molecular flexibility index (Phi) is 3.07. The first-order valence-corrected chi connectivity index (χ1v) is 5.41. The van der Waals surface area contributed by atoms with Gasteiger partial charge in [0, 0.05) is 17.1 Å². The van der Waals surface area contributed by atoms with E-state index in [4.69, 9.17) is 0 Å². The van der Waals surface area contributed by atoms with Crippen LogP contribution >= 0.6 is 11.3 Å². The monoisotopic (exact) mass is 232 g/mol. The van der Waals surface area contributed by atoms with Crippen molar-refractivity contribution in [2.24, 2.45) is 0 Å². The fourth-order valence-corrected chi connectivity index (χ4v) is 1.90. The van der Waals surface area contributed by atoms with Gasteiger partial charge in [0.05, 0.1) is 10.6 Å². The first-order valence-electron chi connectivity index (χ1n) is 4.59. The van der Waals surface area contributed by atoms with Gasteiger partial charge < -0.3 is 0 Å². The van der Waals surface area contributed by atoms with E-state index in [2.05, 4.69) is 4.98 Å². The molecule has 0 N–H and O–H groups in total. The van der Waals surface area contributed by atoms with Gasteiger partial charge in [-0.15, -0.1) is 0 Å². The maximum Gasteiger partial charge on any atom is 0.324 e. The molecule has 0 bridgehead atoms. The number of rotatable bonds is 3. The van der Waals surface area contributed by atoms with Crippen molar-refractivity contribution >= 4 is 28.5 Å². The fourth-order valence-electron chi connectivity index (χ4n) is 1.17. The van der Waals surface area contributed by atoms with Crippen molar-refractivity contribution in [2.45, 2.75) is 0 Å². The van der Waals surface area contributed by atoms with Gasteiger partial charge in [-0.3, -0.25) is 15.1 Å². The van der Waals surface area contributed by atoms with Crippen molar-refractivity contribution < 1.29 is 4.92 Å². The summed E-state index contributed by atoms with van der Waals surface area (Å²) in [4.78, 5) is 15.0. The Balaban J connectivity index is 2.15. The molecule has 0 aromatic carbocycles. The molecule has 0 fully saturated rings. The molecule has 0 saturated heterocycles. The SMILES string of the molecule is O=[N+]([O-])c1ccc(/C=C/c2ccccn2)s1. The predicted molar refractivity (Wildman–Crippen MR) is 64.1 cm³/mol. The number of thiophene rings is 1. The zero-order valence-corrected chi connectivity index (χ0v) is 9.05. The highest BCUT2D eigenvalue weighted by Crippen LogP contribution is 2.25. The Bertz CT molecular complexity index is 520. The lowest BCUT2D eigenvalue weighted by Gasteiger charge is -1.88. The van der Waals surface area contributed by atoms with E-state index in [0.717, 1.165) is 21.9 Å². The molecule has 2 rings (SSSR count). The highest BCUT2D eigenvalue weighted by atomic mass is 32.1. The van der Waals surface area contributed by atoms with Crippen molar-refractivity contribution in [1.82, 2.24) is 4.98 Å². The topological polar surface area (TPSA) is 56.0 Å². The molecule has 0 aliphatic heterocycles. The summed E-state index contributed by atoms with van der Waals surface area (Å²) in [7, 11) is 0. The van der Waals surface area contributed by atoms with Crippen LogP contribution in [0.15, 0.2) is 36.5 Å². The normalized spacial score (nSPS) is 10.8. The van der Waals surface area contributed by atoms with E-state index in [0.29, 0.717) is 0 Å². The molecule has 0 aliphatic carbocycles. The molecule has 2 aromatic heterocycles. The lowest BCUT2D eigenvalue weighted by atomic mass is 10.3. The number of hydrogen-bond donors (Lipinski definition) is 0. The molecule has 80 valence electrons. The minimum atomic E-state index is -0.386. The van der Waals surface area contributed by atoms with Gasteiger partial charge in [0.2, 0.25) is 0 Å². The van der Waals surface area contributed by atoms with Crippen LogP contribution in [0.2, 0.25) is 0 Å². The Labute approximate surface area is 96.0 Å². The predicted octanol–water partition coefficient (Wildman–Crippen LogP) is 3.22. The fraction of sp³-hybridized carbons (Fsp3) is 0. The number of nitro groups is 1. The number of pyridine rings is 1. The van der Waals surface area contributed by atoms with Crippen LogP contribution in [-0.2, 0) is 0 Å². The lowest BCUT2D eigenvalue weighted by Crippen LogP contribution is -1.80. The molecule has 0 radical (unpaired) electrons. The van der Waals surface area contributed by atoms with Gasteiger partial charge in [-0.25, -0.2) is 0 Å². The maximum absolute atomic E-state index is 10.5. The van der Waals surface area contributed by atoms with Crippen LogP contribution in [0.4, 0.5) is 5.00 Å². The minimum absolute atomic E-state index is 0.153. The van der Waals surface area contributed by atoms with E-state index in [1.54, 1.807) is 12.3 Å². The van der Waals surface area contributed by atoms with Gasteiger partial charge in [0.15, 0.2) is 0 Å². The maximum atomic E-state index is 10.5. The molecule has 2 aromatic rings. The second kappa shape index (κ2) is 4.67. The van der Waals surface area contributed by atoms with Gasteiger partial charge in [0.25, 0.3) is 0 Å². The third-order valence-electron chi connectivity index (χ3n) is 1.90. The van der Waals surface area contributed by atoms with Crippen molar-refractivity contribution in [3.63, 3.8) is 0 Å². The summed E-state index contributed by atoms with van der Waals surface area (Å²) in [5.41, 5.74) is 0.832. The van der Waals surface area contributed by atoms with Crippen LogP contribution in [0.1, 0.15) is 10.6 Å². The van der Waals surface area contributed by atoms with E-state index in [1.807, 2.05) is 30.4 Å². The van der Waals surface area contributed by atoms with Crippen LogP contribution in [0.25, 0.3) is 12.2 Å². The Morgan fingerprint density at radius 3 is 2.75 bits per heavy atom. The van der Waals surface area contributed by atoms with Gasteiger partial charge in [-0.05, 0) is 30.4 Å². The summed E-state index contributed by atoms with van der Waals surface area (Å²) in [5, 5.41) is 10.6. The Morgan fingerprint density at radius 2 is 2.12 bits per heavy atom. The highest BCUT2D eigenvalue weighted by molar-refractivity contribution is 7.16. The van der Waals surface area contributed by atoms with Crippen molar-refractivity contribution in [2.75, 3.05) is 0 Å². The van der Waals surface area contributed by atoms with Crippen LogP contribution in [0, 0.1) is 10.1 Å². The lowest BCUT2D eigenvalue weighted by molar-refractivity contribution is -0.380. The number of aromatic nitrogens is 1. The van der Waals surface area contributed by atoms with Gasteiger partial charge in [-0.1, -0.05) is 17.4 Å². The molecule has 0 amide bonds. The smallest absolute Gasteiger partial charge is 0.258 e. The first-order chi connectivity index (χ1) is 7.75. The summed E-state index contributed by atoms with van der Waals surface area (Å²) in [6.45, 7) is 0. The summed E-state index contributed by atoms with van der Waals surface area (Å²) in [5.74, 6) is 0. The van der Waals surface area contributed by atoms with E-state index in [-0.39, 0.29) is 9.92 Å². The molecule has 0 aliphatic rings. The van der Waals surface area contributed by atoms with E-state index in [9.17, 15) is 10.1 Å². The minimum Gasteiger partial charge on any atom is -0.258 e. The quantitative estimate of drug-likeness (QED) is 0.603. The van der Waals surface area contributed by atoms with Crippen LogP contribution in [-0.4, -0.2) is 9.91 Å². The molecule has 0 spiro atoms. The molecular formula is C11H8N2O2S. The zero-order chi connectivity index (χ0) is 11.4. The summed E-state index contributed by atoms with van der Waals surface area (Å²) < 4.78 is 0. The third kappa shape index (κ3) is 2.52. The largest absolute Gasteiger partial charge is 0.324 e. The standard InChI is InChI=1S/C11H8N2O2S/c14-13(15)11-7-6-10(16-11)5-4-9-3-1-2-8-12-9/h1-8H/b5-4+. The Morgan fingerprint density at radius 1 is 1.25 bits per heavy atom. The average molecular weight is 232 g/mol. The number of nitrogens with zero attached hydrogens (tertiary/aromatic N) is 2. The second-order valence-corrected chi connectivity index (χ2v) is 4.11. The summed E-state index contributed by atoms with van der Waals surface area (Å²) >= 11 is 1.15. The molecular weight excluding hydrogens is 224 g/mol. The van der Waals surface area contributed by atoms with Gasteiger partial charge in [0.1, 0.15) is 0 Å². The Hall–Kier alpha value is -2.01. The second-order valence-electron chi connectivity index (χ2n) is 3.02.